The molecule has 0 spiro atoms. The second-order valence-electron chi connectivity index (χ2n) is 11.9. The SMILES string of the molecule is C=CC(=O)N1CCN(c2nc(O[C@H](C)C3CC(N(C)C)C3)nc3c2CCN(c2cccc(F)c2C(F)(F)F)C3)C[C@@H]1CC#N. The molecule has 13 heteroatoms. The molecule has 0 bridgehead atoms. The fraction of sp³-hybridized carbons (Fsp3) is 0.548. The third-order valence-electron chi connectivity index (χ3n) is 9.04. The molecule has 0 N–H and O–H groups in total. The number of halogens is 4. The molecule has 1 amide bonds. The van der Waals surface area contributed by atoms with E-state index in [1.54, 1.807) is 4.90 Å². The molecular weight excluding hydrogens is 578 g/mol. The van der Waals surface area contributed by atoms with Crippen molar-refractivity contribution in [1.29, 1.82) is 5.26 Å². The van der Waals surface area contributed by atoms with Gasteiger partial charge in [-0.25, -0.2) is 4.39 Å². The van der Waals surface area contributed by atoms with E-state index >= 15 is 0 Å². The number of amides is 1. The maximum Gasteiger partial charge on any atom is 0.421 e. The van der Waals surface area contributed by atoms with Gasteiger partial charge >= 0.3 is 12.2 Å². The lowest BCUT2D eigenvalue weighted by Gasteiger charge is -2.43. The highest BCUT2D eigenvalue weighted by Crippen LogP contribution is 2.41. The largest absolute Gasteiger partial charge is 0.460 e. The van der Waals surface area contributed by atoms with E-state index in [4.69, 9.17) is 9.72 Å². The average molecular weight is 616 g/mol. The van der Waals surface area contributed by atoms with Gasteiger partial charge in [0.25, 0.3) is 0 Å². The number of carbonyl (C=O) groups excluding carboxylic acids is 1. The maximum atomic E-state index is 14.5. The summed E-state index contributed by atoms with van der Waals surface area (Å²) in [6.07, 6.45) is -1.46. The molecule has 2 aliphatic heterocycles. The number of carbonyl (C=O) groups is 1. The number of benzene rings is 1. The number of hydrogen-bond acceptors (Lipinski definition) is 8. The zero-order valence-electron chi connectivity index (χ0n) is 25.1. The number of hydrogen-bond donors (Lipinski definition) is 0. The van der Waals surface area contributed by atoms with Crippen molar-refractivity contribution < 1.29 is 27.1 Å². The molecule has 0 radical (unpaired) electrons. The van der Waals surface area contributed by atoms with Crippen LogP contribution in [0.4, 0.5) is 29.1 Å². The van der Waals surface area contributed by atoms with Crippen LogP contribution < -0.4 is 14.5 Å². The zero-order valence-corrected chi connectivity index (χ0v) is 25.1. The predicted molar refractivity (Wildman–Crippen MR) is 157 cm³/mol. The van der Waals surface area contributed by atoms with Crippen LogP contribution in [0.5, 0.6) is 6.01 Å². The van der Waals surface area contributed by atoms with Gasteiger partial charge in [-0.05, 0) is 64.4 Å². The van der Waals surface area contributed by atoms with Gasteiger partial charge in [-0.3, -0.25) is 4.79 Å². The number of nitrogens with zero attached hydrogens (tertiary/aromatic N) is 7. The molecule has 1 aliphatic carbocycles. The van der Waals surface area contributed by atoms with Gasteiger partial charge in [0.15, 0.2) is 0 Å². The molecule has 2 atom stereocenters. The molecule has 9 nitrogen and oxygen atoms in total. The number of fused-ring (bicyclic) bond motifs is 1. The second-order valence-corrected chi connectivity index (χ2v) is 11.9. The minimum Gasteiger partial charge on any atom is -0.460 e. The van der Waals surface area contributed by atoms with Crippen LogP contribution in [0.2, 0.25) is 0 Å². The molecule has 1 aromatic heterocycles. The molecule has 1 saturated carbocycles. The van der Waals surface area contributed by atoms with Gasteiger partial charge < -0.3 is 24.3 Å². The van der Waals surface area contributed by atoms with E-state index in [2.05, 4.69) is 22.5 Å². The number of alkyl halides is 3. The first-order valence-corrected chi connectivity index (χ1v) is 14.8. The van der Waals surface area contributed by atoms with Crippen molar-refractivity contribution in [2.75, 3.05) is 50.1 Å². The Bertz CT molecular complexity index is 1440. The Balaban J connectivity index is 1.48. The molecule has 0 unspecified atom stereocenters. The van der Waals surface area contributed by atoms with E-state index in [0.717, 1.165) is 24.5 Å². The van der Waals surface area contributed by atoms with Crippen molar-refractivity contribution in [3.8, 4) is 12.1 Å². The highest BCUT2D eigenvalue weighted by atomic mass is 19.4. The lowest BCUT2D eigenvalue weighted by atomic mass is 9.76. The first kappa shape index (κ1) is 31.5. The van der Waals surface area contributed by atoms with Gasteiger partial charge in [0.1, 0.15) is 23.3 Å². The van der Waals surface area contributed by atoms with Gasteiger partial charge in [0.05, 0.1) is 36.5 Å². The normalized spacial score (nSPS) is 22.6. The lowest BCUT2D eigenvalue weighted by molar-refractivity contribution is -0.139. The van der Waals surface area contributed by atoms with E-state index in [-0.39, 0.29) is 43.2 Å². The van der Waals surface area contributed by atoms with E-state index < -0.39 is 23.6 Å². The Labute approximate surface area is 254 Å². The molecule has 3 heterocycles. The molecular formula is C31H37F4N7O2. The Morgan fingerprint density at radius 3 is 2.64 bits per heavy atom. The summed E-state index contributed by atoms with van der Waals surface area (Å²) in [6, 6.07) is 5.72. The third-order valence-corrected chi connectivity index (χ3v) is 9.04. The van der Waals surface area contributed by atoms with Crippen LogP contribution in [0.25, 0.3) is 0 Å². The van der Waals surface area contributed by atoms with Crippen LogP contribution in [0.1, 0.15) is 43.0 Å². The van der Waals surface area contributed by atoms with E-state index in [0.29, 0.717) is 49.5 Å². The van der Waals surface area contributed by atoms with Crippen molar-refractivity contribution in [3.05, 3.63) is 53.5 Å². The smallest absolute Gasteiger partial charge is 0.421 e. The molecule has 1 aromatic carbocycles. The van der Waals surface area contributed by atoms with Crippen LogP contribution in [0.15, 0.2) is 30.9 Å². The fourth-order valence-electron chi connectivity index (χ4n) is 6.40. The van der Waals surface area contributed by atoms with Crippen molar-refractivity contribution in [2.45, 2.75) is 63.5 Å². The zero-order chi connectivity index (χ0) is 31.8. The summed E-state index contributed by atoms with van der Waals surface area (Å²) in [5.74, 6) is -0.693. The van der Waals surface area contributed by atoms with Crippen LogP contribution in [-0.2, 0) is 23.9 Å². The second kappa shape index (κ2) is 12.6. The number of anilines is 2. The summed E-state index contributed by atoms with van der Waals surface area (Å²) in [5.41, 5.74) is -0.275. The Morgan fingerprint density at radius 2 is 1.98 bits per heavy atom. The summed E-state index contributed by atoms with van der Waals surface area (Å²) in [5, 5.41) is 9.46. The van der Waals surface area contributed by atoms with Crippen LogP contribution in [0.3, 0.4) is 0 Å². The Morgan fingerprint density at radius 1 is 1.23 bits per heavy atom. The van der Waals surface area contributed by atoms with Crippen molar-refractivity contribution >= 4 is 17.4 Å². The molecule has 5 rings (SSSR count). The summed E-state index contributed by atoms with van der Waals surface area (Å²) in [6.45, 7) is 6.86. The average Bonchev–Trinajstić information content (AvgIpc) is 2.94. The first-order chi connectivity index (χ1) is 20.9. The minimum atomic E-state index is -4.87. The van der Waals surface area contributed by atoms with E-state index in [9.17, 15) is 27.6 Å². The van der Waals surface area contributed by atoms with Crippen molar-refractivity contribution in [1.82, 2.24) is 19.8 Å². The molecule has 1 saturated heterocycles. The number of nitriles is 1. The van der Waals surface area contributed by atoms with Gasteiger partial charge in [-0.2, -0.15) is 28.4 Å². The molecule has 236 valence electrons. The third kappa shape index (κ3) is 6.31. The van der Waals surface area contributed by atoms with Crippen molar-refractivity contribution in [2.24, 2.45) is 5.92 Å². The van der Waals surface area contributed by atoms with E-state index in [1.807, 2.05) is 25.9 Å². The summed E-state index contributed by atoms with van der Waals surface area (Å²) in [4.78, 5) is 29.3. The highest BCUT2D eigenvalue weighted by molar-refractivity contribution is 5.87. The molecule has 3 aliphatic rings. The molecule has 2 aromatic rings. The predicted octanol–water partition coefficient (Wildman–Crippen LogP) is 4.42. The van der Waals surface area contributed by atoms with Gasteiger partial charge in [-0.15, -0.1) is 0 Å². The number of aromatic nitrogens is 2. The van der Waals surface area contributed by atoms with Gasteiger partial charge in [0.2, 0.25) is 5.91 Å². The van der Waals surface area contributed by atoms with Crippen LogP contribution in [0, 0.1) is 23.1 Å². The summed E-state index contributed by atoms with van der Waals surface area (Å²) in [7, 11) is 4.09. The van der Waals surface area contributed by atoms with Gasteiger partial charge in [-0.1, -0.05) is 12.6 Å². The number of rotatable bonds is 8. The summed E-state index contributed by atoms with van der Waals surface area (Å²) < 4.78 is 62.4. The Kier molecular flexibility index (Phi) is 9.02. The first-order valence-electron chi connectivity index (χ1n) is 14.8. The summed E-state index contributed by atoms with van der Waals surface area (Å²) >= 11 is 0. The topological polar surface area (TPSA) is 88.8 Å². The number of ether oxygens (including phenoxy) is 1. The van der Waals surface area contributed by atoms with Crippen LogP contribution in [-0.4, -0.2) is 84.1 Å². The minimum absolute atomic E-state index is 0.00476. The lowest BCUT2D eigenvalue weighted by Crippen LogP contribution is -2.55. The van der Waals surface area contributed by atoms with E-state index in [1.165, 1.54) is 23.1 Å². The highest BCUT2D eigenvalue weighted by Gasteiger charge is 2.40. The van der Waals surface area contributed by atoms with Gasteiger partial charge in [0, 0.05) is 37.8 Å². The molecule has 2 fully saturated rings. The quantitative estimate of drug-likeness (QED) is 0.319. The van der Waals surface area contributed by atoms with Crippen LogP contribution >= 0.6 is 0 Å². The van der Waals surface area contributed by atoms with Crippen molar-refractivity contribution in [3.63, 3.8) is 0 Å². The monoisotopic (exact) mass is 615 g/mol. The maximum absolute atomic E-state index is 14.5. The molecule has 44 heavy (non-hydrogen) atoms. The fourth-order valence-corrected chi connectivity index (χ4v) is 6.40. The number of piperazine rings is 1. The standard InChI is InChI=1S/C31H37F4N7O2/c1-5-27(43)42-14-13-41(17-21(42)9-11-36)29-23-10-12-40(26-8-6-7-24(32)28(26)31(33,34)35)18-25(23)37-30(38-29)44-19(2)20-15-22(16-20)39(3)4/h5-8,19-22H,1,9-10,12-18H2,2-4H3/t19-,20?,21+,22?/m1/s1. The Hall–Kier alpha value is -3.92.